The monoisotopic (exact) mass is 423 g/mol. The molecular formula is C22H25N5O4. The van der Waals surface area contributed by atoms with Crippen molar-refractivity contribution in [1.82, 2.24) is 19.9 Å². The lowest BCUT2D eigenvalue weighted by Crippen LogP contribution is -2.57. The van der Waals surface area contributed by atoms with Crippen molar-refractivity contribution in [3.05, 3.63) is 71.7 Å². The minimum atomic E-state index is -1.24. The minimum Gasteiger partial charge on any atom is -0.478 e. The first-order valence-corrected chi connectivity index (χ1v) is 9.83. The molecule has 2 amide bonds. The van der Waals surface area contributed by atoms with Crippen LogP contribution in [0.1, 0.15) is 18.5 Å². The molecular weight excluding hydrogens is 398 g/mol. The Bertz CT molecular complexity index is 991. The number of carboxylic acid groups (broad SMARTS) is 1. The average Bonchev–Trinajstić information content (AvgIpc) is 2.76. The summed E-state index contributed by atoms with van der Waals surface area (Å²) >= 11 is 0. The molecule has 9 heteroatoms. The third-order valence-electron chi connectivity index (χ3n) is 4.97. The Balaban J connectivity index is 2.21. The van der Waals surface area contributed by atoms with Crippen molar-refractivity contribution >= 4 is 23.5 Å². The van der Waals surface area contributed by atoms with E-state index in [0.717, 1.165) is 0 Å². The zero-order valence-corrected chi connectivity index (χ0v) is 17.6. The molecule has 0 radical (unpaired) electrons. The molecule has 2 N–H and O–H groups in total. The molecule has 0 aliphatic carbocycles. The SMILES string of the molecule is CCN1C(=O)C(Nc2cccnc2)=C(C(=O)O)C(c2ccccc2)N1CC(=O)N(C)C. The van der Waals surface area contributed by atoms with Gasteiger partial charge in [-0.25, -0.2) is 4.79 Å². The van der Waals surface area contributed by atoms with Crippen molar-refractivity contribution in [2.75, 3.05) is 32.5 Å². The quantitative estimate of drug-likeness (QED) is 0.699. The highest BCUT2D eigenvalue weighted by Crippen LogP contribution is 2.37. The van der Waals surface area contributed by atoms with Crippen molar-refractivity contribution < 1.29 is 19.5 Å². The van der Waals surface area contributed by atoms with Crippen LogP contribution in [-0.4, -0.2) is 70.0 Å². The van der Waals surface area contributed by atoms with Gasteiger partial charge in [0.2, 0.25) is 5.91 Å². The number of hydrogen-bond acceptors (Lipinski definition) is 6. The molecule has 0 fully saturated rings. The van der Waals surface area contributed by atoms with Crippen LogP contribution in [0.15, 0.2) is 66.1 Å². The standard InChI is InChI=1S/C22H25N5O4/c1-4-26-21(29)19(24-16-11-8-12-23-13-16)18(22(30)31)20(15-9-6-5-7-10-15)27(26)14-17(28)25(2)3/h5-13,20,24H,4,14H2,1-3H3,(H,30,31). The van der Waals surface area contributed by atoms with E-state index >= 15 is 0 Å². The number of pyridine rings is 1. The summed E-state index contributed by atoms with van der Waals surface area (Å²) in [5.74, 6) is -2.02. The topological polar surface area (TPSA) is 106 Å². The molecule has 162 valence electrons. The number of rotatable bonds is 7. The highest BCUT2D eigenvalue weighted by Gasteiger charge is 2.44. The maximum atomic E-state index is 13.4. The Hall–Kier alpha value is -3.72. The molecule has 1 aromatic heterocycles. The number of hydrogen-bond donors (Lipinski definition) is 2. The molecule has 1 aliphatic heterocycles. The molecule has 3 rings (SSSR count). The molecule has 0 bridgehead atoms. The van der Waals surface area contributed by atoms with Crippen LogP contribution in [0.25, 0.3) is 0 Å². The van der Waals surface area contributed by atoms with Crippen molar-refractivity contribution in [3.8, 4) is 0 Å². The van der Waals surface area contributed by atoms with Gasteiger partial charge >= 0.3 is 5.97 Å². The van der Waals surface area contributed by atoms with Crippen LogP contribution in [0.5, 0.6) is 0 Å². The van der Waals surface area contributed by atoms with Crippen LogP contribution in [0.3, 0.4) is 0 Å². The van der Waals surface area contributed by atoms with Gasteiger partial charge in [-0.15, -0.1) is 0 Å². The van der Waals surface area contributed by atoms with E-state index in [-0.39, 0.29) is 30.3 Å². The molecule has 0 saturated heterocycles. The number of aliphatic carboxylic acids is 1. The first-order valence-electron chi connectivity index (χ1n) is 9.83. The third kappa shape index (κ3) is 4.56. The Labute approximate surface area is 180 Å². The molecule has 9 nitrogen and oxygen atoms in total. The van der Waals surface area contributed by atoms with Crippen molar-refractivity contribution in [3.63, 3.8) is 0 Å². The number of carbonyl (C=O) groups is 3. The van der Waals surface area contributed by atoms with Crippen molar-refractivity contribution in [2.24, 2.45) is 0 Å². The Morgan fingerprint density at radius 1 is 1.16 bits per heavy atom. The summed E-state index contributed by atoms with van der Waals surface area (Å²) in [5.41, 5.74) is 0.967. The summed E-state index contributed by atoms with van der Waals surface area (Å²) in [5, 5.41) is 16.0. The van der Waals surface area contributed by atoms with Crippen LogP contribution in [-0.2, 0) is 14.4 Å². The van der Waals surface area contributed by atoms with Gasteiger partial charge in [0.15, 0.2) is 0 Å². The number of carboxylic acids is 1. The normalized spacial score (nSPS) is 16.9. The number of benzene rings is 1. The van der Waals surface area contributed by atoms with E-state index in [0.29, 0.717) is 11.3 Å². The number of carbonyl (C=O) groups excluding carboxylic acids is 2. The first-order chi connectivity index (χ1) is 14.8. The fourth-order valence-corrected chi connectivity index (χ4v) is 3.47. The number of nitrogens with one attached hydrogen (secondary N) is 1. The smallest absolute Gasteiger partial charge is 0.335 e. The van der Waals surface area contributed by atoms with E-state index in [9.17, 15) is 19.5 Å². The Morgan fingerprint density at radius 2 is 1.87 bits per heavy atom. The lowest BCUT2D eigenvalue weighted by atomic mass is 9.93. The predicted molar refractivity (Wildman–Crippen MR) is 114 cm³/mol. The summed E-state index contributed by atoms with van der Waals surface area (Å²) < 4.78 is 0. The van der Waals surface area contributed by atoms with Gasteiger partial charge in [0.1, 0.15) is 5.70 Å². The fourth-order valence-electron chi connectivity index (χ4n) is 3.47. The number of aromatic nitrogens is 1. The lowest BCUT2D eigenvalue weighted by molar-refractivity contribution is -0.159. The van der Waals surface area contributed by atoms with E-state index in [1.807, 2.05) is 6.07 Å². The number of hydrazine groups is 1. The molecule has 1 aliphatic rings. The summed E-state index contributed by atoms with van der Waals surface area (Å²) in [6.45, 7) is 1.89. The molecule has 2 aromatic rings. The Morgan fingerprint density at radius 3 is 2.42 bits per heavy atom. The van der Waals surface area contributed by atoms with Gasteiger partial charge < -0.3 is 15.3 Å². The van der Waals surface area contributed by atoms with Gasteiger partial charge in [0.05, 0.1) is 30.0 Å². The average molecular weight is 423 g/mol. The molecule has 2 heterocycles. The maximum absolute atomic E-state index is 13.4. The van der Waals surface area contributed by atoms with Crippen LogP contribution < -0.4 is 5.32 Å². The molecule has 1 unspecified atom stereocenters. The zero-order valence-electron chi connectivity index (χ0n) is 17.6. The van der Waals surface area contributed by atoms with Crippen LogP contribution >= 0.6 is 0 Å². The largest absolute Gasteiger partial charge is 0.478 e. The number of amides is 2. The molecule has 31 heavy (non-hydrogen) atoms. The highest BCUT2D eigenvalue weighted by atomic mass is 16.4. The second-order valence-electron chi connectivity index (χ2n) is 7.18. The van der Waals surface area contributed by atoms with E-state index in [2.05, 4.69) is 10.3 Å². The second kappa shape index (κ2) is 9.40. The van der Waals surface area contributed by atoms with Gasteiger partial charge in [-0.1, -0.05) is 30.3 Å². The van der Waals surface area contributed by atoms with Gasteiger partial charge in [-0.2, -0.15) is 5.01 Å². The van der Waals surface area contributed by atoms with Crippen molar-refractivity contribution in [2.45, 2.75) is 13.0 Å². The highest BCUT2D eigenvalue weighted by molar-refractivity contribution is 6.06. The minimum absolute atomic E-state index is 0.0512. The van der Waals surface area contributed by atoms with Crippen molar-refractivity contribution in [1.29, 1.82) is 0 Å². The van der Waals surface area contributed by atoms with E-state index in [4.69, 9.17) is 0 Å². The van der Waals surface area contributed by atoms with E-state index < -0.39 is 17.9 Å². The van der Waals surface area contributed by atoms with Crippen LogP contribution in [0.4, 0.5) is 5.69 Å². The fraction of sp³-hybridized carbons (Fsp3) is 0.273. The molecule has 0 saturated carbocycles. The predicted octanol–water partition coefficient (Wildman–Crippen LogP) is 1.74. The molecule has 0 spiro atoms. The van der Waals surface area contributed by atoms with E-state index in [1.165, 1.54) is 21.1 Å². The number of nitrogens with zero attached hydrogens (tertiary/aromatic N) is 4. The third-order valence-corrected chi connectivity index (χ3v) is 4.97. The van der Waals surface area contributed by atoms with Gasteiger partial charge in [0.25, 0.3) is 5.91 Å². The molecule has 1 atom stereocenters. The number of anilines is 1. The second-order valence-corrected chi connectivity index (χ2v) is 7.18. The van der Waals surface area contributed by atoms with Gasteiger partial charge in [0, 0.05) is 26.8 Å². The summed E-state index contributed by atoms with van der Waals surface area (Å²) in [6.07, 6.45) is 3.09. The summed E-state index contributed by atoms with van der Waals surface area (Å²) in [4.78, 5) is 43.8. The van der Waals surface area contributed by atoms with Gasteiger partial charge in [-0.05, 0) is 24.6 Å². The van der Waals surface area contributed by atoms with Crippen LogP contribution in [0.2, 0.25) is 0 Å². The first kappa shape index (κ1) is 22.0. The summed E-state index contributed by atoms with van der Waals surface area (Å²) in [6, 6.07) is 11.5. The van der Waals surface area contributed by atoms with E-state index in [1.54, 1.807) is 63.6 Å². The maximum Gasteiger partial charge on any atom is 0.335 e. The van der Waals surface area contributed by atoms with Gasteiger partial charge in [-0.3, -0.25) is 19.6 Å². The van der Waals surface area contributed by atoms with Crippen LogP contribution in [0, 0.1) is 0 Å². The Kier molecular flexibility index (Phi) is 6.66. The number of likely N-dealkylation sites (N-methyl/N-ethyl adjacent to an activating group) is 2. The summed E-state index contributed by atoms with van der Waals surface area (Å²) in [7, 11) is 3.23. The zero-order chi connectivity index (χ0) is 22.5. The lowest BCUT2D eigenvalue weighted by Gasteiger charge is -2.44. The molecule has 1 aromatic carbocycles.